The maximum atomic E-state index is 11.1. The number of aromatic nitrogens is 1. The summed E-state index contributed by atoms with van der Waals surface area (Å²) in [5.41, 5.74) is 0.832. The molecule has 20 heavy (non-hydrogen) atoms. The summed E-state index contributed by atoms with van der Waals surface area (Å²) in [4.78, 5) is 14.5. The first kappa shape index (κ1) is 14.2. The third-order valence-electron chi connectivity index (χ3n) is 2.73. The zero-order chi connectivity index (χ0) is 14.8. The number of rotatable bonds is 5. The van der Waals surface area contributed by atoms with E-state index in [9.17, 15) is 18.5 Å². The summed E-state index contributed by atoms with van der Waals surface area (Å²) in [5, 5.41) is 14.5. The van der Waals surface area contributed by atoms with Gasteiger partial charge in [-0.2, -0.15) is 0 Å². The Morgan fingerprint density at radius 1 is 1.35 bits per heavy atom. The van der Waals surface area contributed by atoms with Gasteiger partial charge in [0.05, 0.1) is 10.7 Å². The SMILES string of the molecule is CS(=O)(=O)CCNc1ccc([N+](=O)[O-])c2ncccc12. The number of hydrogen-bond acceptors (Lipinski definition) is 6. The third kappa shape index (κ3) is 3.21. The van der Waals surface area contributed by atoms with Crippen LogP contribution in [0.3, 0.4) is 0 Å². The van der Waals surface area contributed by atoms with Crippen LogP contribution in [-0.4, -0.2) is 36.9 Å². The Morgan fingerprint density at radius 3 is 2.75 bits per heavy atom. The van der Waals surface area contributed by atoms with Crippen LogP contribution in [-0.2, 0) is 9.84 Å². The summed E-state index contributed by atoms with van der Waals surface area (Å²) >= 11 is 0. The maximum Gasteiger partial charge on any atom is 0.295 e. The molecule has 2 rings (SSSR count). The van der Waals surface area contributed by atoms with Gasteiger partial charge in [-0.15, -0.1) is 0 Å². The molecule has 2 aromatic rings. The average Bonchev–Trinajstić information content (AvgIpc) is 2.37. The lowest BCUT2D eigenvalue weighted by atomic mass is 10.1. The predicted molar refractivity (Wildman–Crippen MR) is 76.6 cm³/mol. The van der Waals surface area contributed by atoms with Gasteiger partial charge in [-0.1, -0.05) is 0 Å². The fraction of sp³-hybridized carbons (Fsp3) is 0.250. The van der Waals surface area contributed by atoms with Gasteiger partial charge in [0, 0.05) is 36.1 Å². The number of anilines is 1. The zero-order valence-electron chi connectivity index (χ0n) is 10.7. The van der Waals surface area contributed by atoms with Gasteiger partial charge in [-0.05, 0) is 18.2 Å². The fourth-order valence-corrected chi connectivity index (χ4v) is 2.30. The first-order chi connectivity index (χ1) is 9.38. The number of nitro groups is 1. The highest BCUT2D eigenvalue weighted by Crippen LogP contribution is 2.29. The van der Waals surface area contributed by atoms with Crippen LogP contribution in [0.25, 0.3) is 10.9 Å². The Labute approximate surface area is 115 Å². The topological polar surface area (TPSA) is 102 Å². The minimum atomic E-state index is -3.06. The Balaban J connectivity index is 2.36. The molecule has 0 aliphatic rings. The van der Waals surface area contributed by atoms with Gasteiger partial charge in [-0.25, -0.2) is 13.4 Å². The molecule has 106 valence electrons. The van der Waals surface area contributed by atoms with Crippen LogP contribution >= 0.6 is 0 Å². The lowest BCUT2D eigenvalue weighted by Gasteiger charge is -2.09. The smallest absolute Gasteiger partial charge is 0.295 e. The van der Waals surface area contributed by atoms with Gasteiger partial charge in [-0.3, -0.25) is 10.1 Å². The van der Waals surface area contributed by atoms with Crippen molar-refractivity contribution in [2.24, 2.45) is 0 Å². The Kier molecular flexibility index (Phi) is 3.84. The molecule has 0 aliphatic carbocycles. The van der Waals surface area contributed by atoms with E-state index in [1.807, 2.05) is 0 Å². The Hall–Kier alpha value is -2.22. The monoisotopic (exact) mass is 295 g/mol. The minimum absolute atomic E-state index is 0.00819. The molecule has 1 aromatic carbocycles. The van der Waals surface area contributed by atoms with E-state index in [0.717, 1.165) is 6.26 Å². The third-order valence-corrected chi connectivity index (χ3v) is 3.68. The van der Waals surface area contributed by atoms with Gasteiger partial charge in [0.1, 0.15) is 15.4 Å². The molecular weight excluding hydrogens is 282 g/mol. The molecule has 0 fully saturated rings. The highest BCUT2D eigenvalue weighted by molar-refractivity contribution is 7.90. The summed E-state index contributed by atoms with van der Waals surface area (Å²) in [5.74, 6) is -0.00819. The second-order valence-electron chi connectivity index (χ2n) is 4.35. The van der Waals surface area contributed by atoms with Crippen molar-refractivity contribution in [2.45, 2.75) is 0 Å². The summed E-state index contributed by atoms with van der Waals surface area (Å²) in [7, 11) is -3.06. The normalized spacial score (nSPS) is 11.4. The van der Waals surface area contributed by atoms with Crippen molar-refractivity contribution in [1.82, 2.24) is 4.98 Å². The molecule has 0 bridgehead atoms. The molecule has 0 atom stereocenters. The number of pyridine rings is 1. The summed E-state index contributed by atoms with van der Waals surface area (Å²) < 4.78 is 22.2. The van der Waals surface area contributed by atoms with Crippen LogP contribution in [0.4, 0.5) is 11.4 Å². The number of nitro benzene ring substituents is 1. The van der Waals surface area contributed by atoms with Crippen molar-refractivity contribution in [2.75, 3.05) is 23.9 Å². The number of sulfone groups is 1. The molecule has 1 aromatic heterocycles. The Bertz CT molecular complexity index is 758. The van der Waals surface area contributed by atoms with E-state index in [0.29, 0.717) is 11.1 Å². The Morgan fingerprint density at radius 2 is 2.10 bits per heavy atom. The van der Waals surface area contributed by atoms with Crippen molar-refractivity contribution in [3.63, 3.8) is 0 Å². The largest absolute Gasteiger partial charge is 0.383 e. The summed E-state index contributed by atoms with van der Waals surface area (Å²) in [6, 6.07) is 6.30. The van der Waals surface area contributed by atoms with Gasteiger partial charge in [0.25, 0.3) is 5.69 Å². The molecule has 0 saturated heterocycles. The van der Waals surface area contributed by atoms with Crippen molar-refractivity contribution in [1.29, 1.82) is 0 Å². The molecular formula is C12H13N3O4S. The average molecular weight is 295 g/mol. The van der Waals surface area contributed by atoms with Gasteiger partial charge >= 0.3 is 0 Å². The number of non-ortho nitro benzene ring substituents is 1. The minimum Gasteiger partial charge on any atom is -0.383 e. The van der Waals surface area contributed by atoms with E-state index in [-0.39, 0.29) is 23.5 Å². The summed E-state index contributed by atoms with van der Waals surface area (Å²) in [6.45, 7) is 0.237. The highest BCUT2D eigenvalue weighted by Gasteiger charge is 2.15. The van der Waals surface area contributed by atoms with Crippen LogP contribution in [0.2, 0.25) is 0 Å². The van der Waals surface area contributed by atoms with Crippen LogP contribution in [0, 0.1) is 10.1 Å². The molecule has 0 amide bonds. The fourth-order valence-electron chi connectivity index (χ4n) is 1.83. The first-order valence-corrected chi connectivity index (χ1v) is 7.88. The number of benzene rings is 1. The lowest BCUT2D eigenvalue weighted by Crippen LogP contribution is -2.14. The van der Waals surface area contributed by atoms with E-state index in [1.54, 1.807) is 18.2 Å². The van der Waals surface area contributed by atoms with Gasteiger partial charge in [0.15, 0.2) is 0 Å². The van der Waals surface area contributed by atoms with E-state index >= 15 is 0 Å². The standard InChI is InChI=1S/C12H13N3O4S/c1-20(18,19)8-7-13-10-4-5-11(15(16)17)12-9(10)3-2-6-14-12/h2-6,13H,7-8H2,1H3. The molecule has 0 spiro atoms. The number of nitrogens with zero attached hydrogens (tertiary/aromatic N) is 2. The zero-order valence-corrected chi connectivity index (χ0v) is 11.6. The highest BCUT2D eigenvalue weighted by atomic mass is 32.2. The number of nitrogens with one attached hydrogen (secondary N) is 1. The van der Waals surface area contributed by atoms with Gasteiger partial charge < -0.3 is 5.32 Å². The maximum absolute atomic E-state index is 11.1. The van der Waals surface area contributed by atoms with Crippen LogP contribution in [0.15, 0.2) is 30.5 Å². The number of fused-ring (bicyclic) bond motifs is 1. The second kappa shape index (κ2) is 5.41. The second-order valence-corrected chi connectivity index (χ2v) is 6.61. The van der Waals surface area contributed by atoms with Gasteiger partial charge in [0.2, 0.25) is 0 Å². The number of hydrogen-bond donors (Lipinski definition) is 1. The molecule has 8 heteroatoms. The van der Waals surface area contributed by atoms with E-state index < -0.39 is 14.8 Å². The van der Waals surface area contributed by atoms with E-state index in [2.05, 4.69) is 10.3 Å². The molecule has 0 unspecified atom stereocenters. The van der Waals surface area contributed by atoms with E-state index in [4.69, 9.17) is 0 Å². The molecule has 1 heterocycles. The summed E-state index contributed by atoms with van der Waals surface area (Å²) in [6.07, 6.45) is 2.64. The molecule has 0 aliphatic heterocycles. The molecule has 7 nitrogen and oxygen atoms in total. The van der Waals surface area contributed by atoms with Crippen LogP contribution < -0.4 is 5.32 Å². The quantitative estimate of drug-likeness (QED) is 0.664. The van der Waals surface area contributed by atoms with Crippen molar-refractivity contribution < 1.29 is 13.3 Å². The van der Waals surface area contributed by atoms with Crippen molar-refractivity contribution in [3.05, 3.63) is 40.6 Å². The van der Waals surface area contributed by atoms with Crippen LogP contribution in [0.1, 0.15) is 0 Å². The molecule has 0 radical (unpaired) electrons. The predicted octanol–water partition coefficient (Wildman–Crippen LogP) is 1.60. The van der Waals surface area contributed by atoms with Crippen LogP contribution in [0.5, 0.6) is 0 Å². The first-order valence-electron chi connectivity index (χ1n) is 5.82. The van der Waals surface area contributed by atoms with Crippen molar-refractivity contribution in [3.8, 4) is 0 Å². The lowest BCUT2D eigenvalue weighted by molar-refractivity contribution is -0.383. The van der Waals surface area contributed by atoms with Crippen molar-refractivity contribution >= 4 is 32.1 Å². The molecule has 1 N–H and O–H groups in total. The van der Waals surface area contributed by atoms with E-state index in [1.165, 1.54) is 12.3 Å². The molecule has 0 saturated carbocycles.